The van der Waals surface area contributed by atoms with Crippen LogP contribution in [0.1, 0.15) is 19.8 Å². The van der Waals surface area contributed by atoms with Crippen LogP contribution in [0.25, 0.3) is 11.2 Å². The van der Waals surface area contributed by atoms with Gasteiger partial charge in [-0.15, -0.1) is 0 Å². The number of nitrogens with two attached hydrogens (primary N) is 1. The Morgan fingerprint density at radius 3 is 3.12 bits per heavy atom. The Kier molecular flexibility index (Phi) is 3.38. The summed E-state index contributed by atoms with van der Waals surface area (Å²) in [5, 5.41) is 12.6. The van der Waals surface area contributed by atoms with Gasteiger partial charge in [-0.25, -0.2) is 4.98 Å². The molecule has 0 amide bonds. The number of nitrogens with zero attached hydrogens (tertiary/aromatic N) is 3. The summed E-state index contributed by atoms with van der Waals surface area (Å²) in [4.78, 5) is 15.1. The highest BCUT2D eigenvalue weighted by atomic mass is 16.3. The molecule has 0 aliphatic rings. The normalized spacial score (nSPS) is 12.8. The molecule has 0 saturated heterocycles. The van der Waals surface area contributed by atoms with Gasteiger partial charge in [0.1, 0.15) is 5.52 Å². The Balaban J connectivity index is 2.09. The predicted octanol–water partition coefficient (Wildman–Crippen LogP) is 0.508. The minimum atomic E-state index is -0.293. The number of nitrogens with one attached hydrogen (secondary N) is 2. The number of aliphatic hydroxyl groups excluding tert-OH is 1. The largest absolute Gasteiger partial charge is 0.393 e. The molecule has 0 saturated carbocycles. The molecule has 2 aromatic rings. The van der Waals surface area contributed by atoms with Crippen LogP contribution in [0.15, 0.2) is 6.33 Å². The molecule has 1 unspecified atom stereocenters. The van der Waals surface area contributed by atoms with Gasteiger partial charge in [0.15, 0.2) is 11.5 Å². The van der Waals surface area contributed by atoms with Crippen LogP contribution in [0.5, 0.6) is 0 Å². The molecular weight excluding hydrogens is 220 g/mol. The van der Waals surface area contributed by atoms with Crippen molar-refractivity contribution in [2.75, 3.05) is 17.6 Å². The predicted molar refractivity (Wildman–Crippen MR) is 65.5 cm³/mol. The van der Waals surface area contributed by atoms with Crippen molar-refractivity contribution in [2.24, 2.45) is 0 Å². The summed E-state index contributed by atoms with van der Waals surface area (Å²) in [5.41, 5.74) is 6.84. The van der Waals surface area contributed by atoms with Crippen LogP contribution >= 0.6 is 0 Å². The SMILES string of the molecule is CCC(O)CCNc1nc(N)nc2nc[nH]c12. The summed E-state index contributed by atoms with van der Waals surface area (Å²) in [6.45, 7) is 2.57. The number of H-pyrrole nitrogens is 1. The number of aromatic nitrogens is 4. The second-order valence-corrected chi connectivity index (χ2v) is 3.81. The Labute approximate surface area is 98.5 Å². The van der Waals surface area contributed by atoms with Gasteiger partial charge in [0.05, 0.1) is 12.4 Å². The number of hydrogen-bond acceptors (Lipinski definition) is 6. The van der Waals surface area contributed by atoms with Crippen LogP contribution < -0.4 is 11.1 Å². The highest BCUT2D eigenvalue weighted by Gasteiger charge is 2.08. The number of aliphatic hydroxyl groups is 1. The van der Waals surface area contributed by atoms with Gasteiger partial charge >= 0.3 is 0 Å². The second-order valence-electron chi connectivity index (χ2n) is 3.81. The van der Waals surface area contributed by atoms with E-state index in [0.717, 1.165) is 11.9 Å². The lowest BCUT2D eigenvalue weighted by molar-refractivity contribution is 0.164. The van der Waals surface area contributed by atoms with Gasteiger partial charge in [0.2, 0.25) is 5.95 Å². The van der Waals surface area contributed by atoms with Crippen molar-refractivity contribution in [1.82, 2.24) is 19.9 Å². The molecule has 17 heavy (non-hydrogen) atoms. The number of aromatic amines is 1. The number of rotatable bonds is 5. The molecule has 2 heterocycles. The third-order valence-electron chi connectivity index (χ3n) is 2.54. The summed E-state index contributed by atoms with van der Waals surface area (Å²) in [7, 11) is 0. The lowest BCUT2D eigenvalue weighted by Crippen LogP contribution is -2.13. The fraction of sp³-hybridized carbons (Fsp3) is 0.500. The average molecular weight is 236 g/mol. The third kappa shape index (κ3) is 2.62. The van der Waals surface area contributed by atoms with Crippen molar-refractivity contribution >= 4 is 22.9 Å². The molecule has 7 heteroatoms. The quantitative estimate of drug-likeness (QED) is 0.601. The van der Waals surface area contributed by atoms with Gasteiger partial charge < -0.3 is 21.1 Å². The summed E-state index contributed by atoms with van der Waals surface area (Å²) in [6, 6.07) is 0. The van der Waals surface area contributed by atoms with Gasteiger partial charge in [-0.1, -0.05) is 6.92 Å². The van der Waals surface area contributed by atoms with Crippen molar-refractivity contribution in [2.45, 2.75) is 25.9 Å². The summed E-state index contributed by atoms with van der Waals surface area (Å²) < 4.78 is 0. The number of fused-ring (bicyclic) bond motifs is 1. The van der Waals surface area contributed by atoms with Crippen LogP contribution in [-0.2, 0) is 0 Å². The van der Waals surface area contributed by atoms with Crippen molar-refractivity contribution in [1.29, 1.82) is 0 Å². The van der Waals surface area contributed by atoms with E-state index in [4.69, 9.17) is 5.73 Å². The van der Waals surface area contributed by atoms with Crippen molar-refractivity contribution in [3.63, 3.8) is 0 Å². The fourth-order valence-corrected chi connectivity index (χ4v) is 1.54. The van der Waals surface area contributed by atoms with Crippen LogP contribution in [0.4, 0.5) is 11.8 Å². The summed E-state index contributed by atoms with van der Waals surface area (Å²) in [6.07, 6.45) is 2.66. The number of hydrogen-bond donors (Lipinski definition) is 4. The molecule has 2 rings (SSSR count). The molecule has 92 valence electrons. The number of nitrogen functional groups attached to an aromatic ring is 1. The van der Waals surface area contributed by atoms with Crippen molar-refractivity contribution < 1.29 is 5.11 Å². The maximum absolute atomic E-state index is 9.45. The maximum Gasteiger partial charge on any atom is 0.224 e. The molecule has 0 aliphatic carbocycles. The van der Waals surface area contributed by atoms with E-state index < -0.39 is 0 Å². The Morgan fingerprint density at radius 2 is 2.35 bits per heavy atom. The minimum Gasteiger partial charge on any atom is -0.393 e. The molecule has 0 bridgehead atoms. The van der Waals surface area contributed by atoms with Gasteiger partial charge in [-0.05, 0) is 12.8 Å². The Bertz CT molecular complexity index is 497. The van der Waals surface area contributed by atoms with E-state index in [9.17, 15) is 5.11 Å². The van der Waals surface area contributed by atoms with E-state index in [-0.39, 0.29) is 12.1 Å². The number of imidazole rings is 1. The highest BCUT2D eigenvalue weighted by Crippen LogP contribution is 2.17. The second kappa shape index (κ2) is 4.96. The maximum atomic E-state index is 9.45. The molecular formula is C10H16N6O. The van der Waals surface area contributed by atoms with Crippen LogP contribution in [0.2, 0.25) is 0 Å². The number of anilines is 2. The average Bonchev–Trinajstić information content (AvgIpc) is 2.76. The molecule has 5 N–H and O–H groups in total. The monoisotopic (exact) mass is 236 g/mol. The van der Waals surface area contributed by atoms with E-state index in [1.54, 1.807) is 6.33 Å². The molecule has 0 radical (unpaired) electrons. The van der Waals surface area contributed by atoms with Crippen LogP contribution in [0, 0.1) is 0 Å². The van der Waals surface area contributed by atoms with Crippen molar-refractivity contribution in [3.8, 4) is 0 Å². The van der Waals surface area contributed by atoms with E-state index in [1.165, 1.54) is 0 Å². The molecule has 1 atom stereocenters. The zero-order valence-electron chi connectivity index (χ0n) is 9.64. The van der Waals surface area contributed by atoms with E-state index in [0.29, 0.717) is 24.4 Å². The Hall–Kier alpha value is -1.89. The molecule has 2 aromatic heterocycles. The lowest BCUT2D eigenvalue weighted by atomic mass is 10.2. The molecule has 0 fully saturated rings. The zero-order valence-corrected chi connectivity index (χ0v) is 9.64. The first-order valence-electron chi connectivity index (χ1n) is 5.59. The van der Waals surface area contributed by atoms with Gasteiger partial charge in [-0.3, -0.25) is 0 Å². The molecule has 0 aliphatic heterocycles. The van der Waals surface area contributed by atoms with E-state index in [2.05, 4.69) is 25.3 Å². The fourth-order valence-electron chi connectivity index (χ4n) is 1.54. The topological polar surface area (TPSA) is 113 Å². The highest BCUT2D eigenvalue weighted by molar-refractivity contribution is 5.83. The summed E-state index contributed by atoms with van der Waals surface area (Å²) >= 11 is 0. The van der Waals surface area contributed by atoms with Gasteiger partial charge in [0.25, 0.3) is 0 Å². The standard InChI is InChI=1S/C10H16N6O/c1-2-6(17)3-4-12-8-7-9(14-5-13-7)16-10(11)15-8/h5-6,17H,2-4H2,1H3,(H4,11,12,13,14,15,16). The molecule has 0 aromatic carbocycles. The first-order valence-corrected chi connectivity index (χ1v) is 5.59. The minimum absolute atomic E-state index is 0.183. The smallest absolute Gasteiger partial charge is 0.224 e. The first-order chi connectivity index (χ1) is 8.20. The molecule has 7 nitrogen and oxygen atoms in total. The zero-order chi connectivity index (χ0) is 12.3. The first kappa shape index (κ1) is 11.6. The molecule has 0 spiro atoms. The lowest BCUT2D eigenvalue weighted by Gasteiger charge is -2.09. The van der Waals surface area contributed by atoms with E-state index in [1.807, 2.05) is 6.92 Å². The van der Waals surface area contributed by atoms with Crippen molar-refractivity contribution in [3.05, 3.63) is 6.33 Å². The van der Waals surface area contributed by atoms with Gasteiger partial charge in [-0.2, -0.15) is 9.97 Å². The van der Waals surface area contributed by atoms with Gasteiger partial charge in [0, 0.05) is 6.54 Å². The Morgan fingerprint density at radius 1 is 1.53 bits per heavy atom. The van der Waals surface area contributed by atoms with E-state index >= 15 is 0 Å². The van der Waals surface area contributed by atoms with Crippen LogP contribution in [-0.4, -0.2) is 37.7 Å². The third-order valence-corrected chi connectivity index (χ3v) is 2.54. The summed E-state index contributed by atoms with van der Waals surface area (Å²) in [5.74, 6) is 0.802. The van der Waals surface area contributed by atoms with Crippen LogP contribution in [0.3, 0.4) is 0 Å².